The first kappa shape index (κ1) is 41.5. The quantitative estimate of drug-likeness (QED) is 0.142. The zero-order chi connectivity index (χ0) is 36.0. The van der Waals surface area contributed by atoms with Gasteiger partial charge in [0.1, 0.15) is 30.3 Å². The van der Waals surface area contributed by atoms with Gasteiger partial charge in [0.25, 0.3) is 0 Å². The molecule has 47 heavy (non-hydrogen) atoms. The topological polar surface area (TPSA) is 160 Å². The molecule has 1 unspecified atom stereocenters. The van der Waals surface area contributed by atoms with E-state index in [0.29, 0.717) is 18.7 Å². The predicted molar refractivity (Wildman–Crippen MR) is 178 cm³/mol. The third-order valence-corrected chi connectivity index (χ3v) is 10.1. The number of rotatable bonds is 9. The van der Waals surface area contributed by atoms with Gasteiger partial charge in [0.2, 0.25) is 0 Å². The summed E-state index contributed by atoms with van der Waals surface area (Å²) in [6.45, 7) is 14.5. The van der Waals surface area contributed by atoms with Crippen LogP contribution in [0.1, 0.15) is 74.7 Å². The van der Waals surface area contributed by atoms with Crippen LogP contribution in [0, 0.1) is 23.7 Å². The van der Waals surface area contributed by atoms with E-state index in [4.69, 9.17) is 23.8 Å². The van der Waals surface area contributed by atoms with Gasteiger partial charge >= 0.3 is 5.97 Å². The minimum absolute atomic E-state index is 0.190. The fourth-order valence-corrected chi connectivity index (χ4v) is 6.96. The van der Waals surface area contributed by atoms with Gasteiger partial charge < -0.3 is 48.9 Å². The van der Waals surface area contributed by atoms with Crippen LogP contribution >= 0.6 is 0 Å². The number of hydrogen-bond acceptors (Lipinski definition) is 13. The molecule has 2 heterocycles. The van der Waals surface area contributed by atoms with Crippen molar-refractivity contribution in [3.63, 3.8) is 0 Å². The molecule has 2 rings (SSSR count). The maximum Gasteiger partial charge on any atom is 0.316 e. The molecule has 2 aliphatic rings. The fraction of sp³-hybridized carbons (Fsp3) is 0.912. The minimum atomic E-state index is -1.88. The Morgan fingerprint density at radius 1 is 1.02 bits per heavy atom. The average molecular weight is 674 g/mol. The van der Waals surface area contributed by atoms with E-state index in [1.54, 1.807) is 20.8 Å². The number of methoxy groups -OCH3 is 1. The van der Waals surface area contributed by atoms with Gasteiger partial charge in [0.15, 0.2) is 12.1 Å². The Kier molecular flexibility index (Phi) is 15.3. The van der Waals surface area contributed by atoms with Gasteiger partial charge in [-0.25, -0.2) is 0 Å². The number of likely N-dealkylation sites (N-methyl/N-ethyl adjacent to an activating group) is 2. The normalized spacial score (nSPS) is 42.4. The predicted octanol–water partition coefficient (Wildman–Crippen LogP) is 2.09. The van der Waals surface area contributed by atoms with Crippen LogP contribution in [0.3, 0.4) is 0 Å². The summed E-state index contributed by atoms with van der Waals surface area (Å²) >= 11 is 0. The van der Waals surface area contributed by atoms with E-state index in [1.807, 2.05) is 58.8 Å². The Morgan fingerprint density at radius 2 is 1.64 bits per heavy atom. The van der Waals surface area contributed by atoms with Gasteiger partial charge in [-0.2, -0.15) is 0 Å². The number of hydrogen-bond donors (Lipinski definition) is 3. The first-order valence-electron chi connectivity index (χ1n) is 16.9. The summed E-state index contributed by atoms with van der Waals surface area (Å²) in [5.41, 5.74) is -2.61. The molecule has 2 fully saturated rings. The highest BCUT2D eigenvalue weighted by molar-refractivity contribution is 6.00. The molecule has 0 aromatic heterocycles. The second kappa shape index (κ2) is 17.3. The highest BCUT2D eigenvalue weighted by Crippen LogP contribution is 2.38. The Hall–Kier alpha value is -1.71. The van der Waals surface area contributed by atoms with E-state index in [-0.39, 0.29) is 31.6 Å². The van der Waals surface area contributed by atoms with Crippen LogP contribution in [0.25, 0.3) is 0 Å². The van der Waals surface area contributed by atoms with E-state index in [0.717, 1.165) is 0 Å². The van der Waals surface area contributed by atoms with Crippen molar-refractivity contribution in [2.75, 3.05) is 48.5 Å². The number of cyclic esters (lactones) is 1. The van der Waals surface area contributed by atoms with E-state index in [9.17, 15) is 24.9 Å². The Labute approximate surface area is 281 Å². The molecular weight excluding hydrogens is 610 g/mol. The van der Waals surface area contributed by atoms with E-state index in [1.165, 1.54) is 21.0 Å². The minimum Gasteiger partial charge on any atom is -0.459 e. The Balaban J connectivity index is 2.71. The molecule has 0 spiro atoms. The Morgan fingerprint density at radius 3 is 2.17 bits per heavy atom. The zero-order valence-corrected chi connectivity index (χ0v) is 30.9. The molecule has 0 aromatic carbocycles. The van der Waals surface area contributed by atoms with Gasteiger partial charge in [-0.15, -0.1) is 0 Å². The van der Waals surface area contributed by atoms with Crippen molar-refractivity contribution in [3.05, 3.63) is 0 Å². The summed E-state index contributed by atoms with van der Waals surface area (Å²) in [6, 6.07) is -0.256. The monoisotopic (exact) mass is 673 g/mol. The zero-order valence-electron chi connectivity index (χ0n) is 30.9. The van der Waals surface area contributed by atoms with Crippen LogP contribution in [0.5, 0.6) is 0 Å². The maximum absolute atomic E-state index is 14.0. The van der Waals surface area contributed by atoms with Gasteiger partial charge in [-0.05, 0) is 75.1 Å². The Bertz CT molecular complexity index is 1060. The second-order valence-corrected chi connectivity index (χ2v) is 14.6. The molecule has 13 atom stereocenters. The third-order valence-electron chi connectivity index (χ3n) is 10.1. The van der Waals surface area contributed by atoms with Crippen LogP contribution in [0.2, 0.25) is 0 Å². The summed E-state index contributed by atoms with van der Waals surface area (Å²) in [6.07, 6.45) is -4.84. The van der Waals surface area contributed by atoms with Crippen LogP contribution in [0.15, 0.2) is 5.16 Å². The number of esters is 1. The largest absolute Gasteiger partial charge is 0.459 e. The molecular formula is C34H63N3O10. The lowest BCUT2D eigenvalue weighted by Crippen LogP contribution is -2.60. The number of aliphatic hydroxyl groups excluding tert-OH is 2. The smallest absolute Gasteiger partial charge is 0.316 e. The number of carbonyl (C=O) groups is 2. The molecule has 0 radical (unpaired) electrons. The molecule has 3 N–H and O–H groups in total. The molecule has 0 bridgehead atoms. The SMILES string of the molecule is CCC1OC(=O)[C@H](C)C(=O)[C@H](C)[C@@H](O[C@@H]2O[C@H](C)C[C@H](N(C)C)[C@H]2O)[C@](C)(OC)C[C@@H](C)/C(=N\OCCN(C)C)[C@H](C)[C@@H](O)[C@]1(C)O. The van der Waals surface area contributed by atoms with Gasteiger partial charge in [-0.1, -0.05) is 32.9 Å². The molecule has 2 saturated heterocycles. The molecule has 0 saturated carbocycles. The summed E-state index contributed by atoms with van der Waals surface area (Å²) in [5, 5.41) is 39.1. The first-order valence-corrected chi connectivity index (χ1v) is 16.9. The highest BCUT2D eigenvalue weighted by atomic mass is 16.7. The van der Waals surface area contributed by atoms with Gasteiger partial charge in [0, 0.05) is 37.5 Å². The summed E-state index contributed by atoms with van der Waals surface area (Å²) in [7, 11) is 9.10. The number of carbonyl (C=O) groups excluding carboxylic acids is 2. The third kappa shape index (κ3) is 9.94. The fourth-order valence-electron chi connectivity index (χ4n) is 6.96. The van der Waals surface area contributed by atoms with E-state index in [2.05, 4.69) is 5.16 Å². The number of nitrogens with zero attached hydrogens (tertiary/aromatic N) is 3. The van der Waals surface area contributed by atoms with Crippen LogP contribution < -0.4 is 0 Å². The van der Waals surface area contributed by atoms with Crippen molar-refractivity contribution in [1.29, 1.82) is 0 Å². The van der Waals surface area contributed by atoms with E-state index < -0.39 is 77.3 Å². The maximum atomic E-state index is 14.0. The summed E-state index contributed by atoms with van der Waals surface area (Å²) in [4.78, 5) is 37.1. The number of Topliss-reactive ketones (excluding diaryl/α,β-unsaturated/α-hetero) is 1. The van der Waals surface area contributed by atoms with Gasteiger partial charge in [0.05, 0.1) is 29.6 Å². The van der Waals surface area contributed by atoms with Crippen molar-refractivity contribution in [2.24, 2.45) is 28.8 Å². The first-order chi connectivity index (χ1) is 21.7. The van der Waals surface area contributed by atoms with Crippen molar-refractivity contribution < 1.29 is 48.7 Å². The molecule has 0 amide bonds. The molecule has 13 heteroatoms. The van der Waals surface area contributed by atoms with E-state index >= 15 is 0 Å². The molecule has 274 valence electrons. The van der Waals surface area contributed by atoms with Gasteiger partial charge in [-0.3, -0.25) is 9.59 Å². The lowest BCUT2D eigenvalue weighted by molar-refractivity contribution is -0.295. The molecule has 13 nitrogen and oxygen atoms in total. The molecule has 0 aromatic rings. The van der Waals surface area contributed by atoms with Crippen molar-refractivity contribution in [1.82, 2.24) is 9.80 Å². The lowest BCUT2D eigenvalue weighted by Gasteiger charge is -2.47. The van der Waals surface area contributed by atoms with Crippen LogP contribution in [-0.2, 0) is 33.4 Å². The summed E-state index contributed by atoms with van der Waals surface area (Å²) < 4.78 is 24.6. The van der Waals surface area contributed by atoms with Crippen LogP contribution in [0.4, 0.5) is 0 Å². The number of aliphatic hydroxyl groups is 3. The molecule has 2 aliphatic heterocycles. The lowest BCUT2D eigenvalue weighted by atomic mass is 9.74. The van der Waals surface area contributed by atoms with Crippen molar-refractivity contribution in [3.8, 4) is 0 Å². The molecule has 0 aliphatic carbocycles. The second-order valence-electron chi connectivity index (χ2n) is 14.6. The average Bonchev–Trinajstić information content (AvgIpc) is 3.00. The van der Waals surface area contributed by atoms with Crippen LogP contribution in [-0.4, -0.2) is 145 Å². The van der Waals surface area contributed by atoms with Crippen molar-refractivity contribution >= 4 is 17.5 Å². The number of ketones is 1. The van der Waals surface area contributed by atoms with Crippen molar-refractivity contribution in [2.45, 2.75) is 129 Å². The number of oxime groups is 1. The number of ether oxygens (including phenoxy) is 4. The summed E-state index contributed by atoms with van der Waals surface area (Å²) in [5.74, 6) is -4.57. The highest BCUT2D eigenvalue weighted by Gasteiger charge is 2.51. The standard InChI is InChI=1S/C34H63N3O10/c1-14-25-34(8,42)29(40)21(4)26(35-44-16-15-36(9)10)19(2)18-33(7,43-13)30(22(5)27(38)23(6)31(41)46-25)47-32-28(39)24(37(11)12)17-20(3)45-32/h19-25,28-30,32,39-40,42H,14-18H2,1-13H3/b35-26+/t19-,20-,21+,22+,23-,24+,25?,28-,29-,30-,32+,33-,34-/m1/s1.